The van der Waals surface area contributed by atoms with Gasteiger partial charge >= 0.3 is 0 Å². The molecule has 0 nitrogen and oxygen atoms in total. The van der Waals surface area contributed by atoms with Crippen LogP contribution in [0.1, 0.15) is 27.7 Å². The van der Waals surface area contributed by atoms with Gasteiger partial charge in [0, 0.05) is 0 Å². The molecule has 0 saturated carbocycles. The van der Waals surface area contributed by atoms with Gasteiger partial charge in [-0.1, -0.05) is 39.5 Å². The highest BCUT2D eigenvalue weighted by Gasteiger charge is 2.14. The average molecular weight is 124 g/mol. The fraction of sp³-hybridized carbons (Fsp3) is 0.556. The van der Waals surface area contributed by atoms with Crippen molar-refractivity contribution in [1.82, 2.24) is 0 Å². The van der Waals surface area contributed by atoms with Gasteiger partial charge in [0.2, 0.25) is 0 Å². The minimum absolute atomic E-state index is 0.186. The Hall–Kier alpha value is -0.520. The van der Waals surface area contributed by atoms with Gasteiger partial charge in [-0.3, -0.25) is 0 Å². The van der Waals surface area contributed by atoms with Crippen molar-refractivity contribution >= 4 is 0 Å². The van der Waals surface area contributed by atoms with Crippen LogP contribution >= 0.6 is 0 Å². The van der Waals surface area contributed by atoms with Crippen molar-refractivity contribution in [1.29, 1.82) is 0 Å². The summed E-state index contributed by atoms with van der Waals surface area (Å²) in [5, 5.41) is 0. The average Bonchev–Trinajstić information content (AvgIpc) is 1.62. The van der Waals surface area contributed by atoms with E-state index in [-0.39, 0.29) is 5.41 Å². The summed E-state index contributed by atoms with van der Waals surface area (Å²) in [6, 6.07) is 0. The maximum atomic E-state index is 3.93. The van der Waals surface area contributed by atoms with Gasteiger partial charge in [0.05, 0.1) is 0 Å². The zero-order chi connectivity index (χ0) is 7.65. The van der Waals surface area contributed by atoms with Crippen molar-refractivity contribution in [3.63, 3.8) is 0 Å². The number of allylic oxidation sites excluding steroid dienone is 2. The lowest BCUT2D eigenvalue weighted by atomic mass is 9.84. The van der Waals surface area contributed by atoms with Crippen LogP contribution in [0.3, 0.4) is 0 Å². The quantitative estimate of drug-likeness (QED) is 0.471. The van der Waals surface area contributed by atoms with Crippen molar-refractivity contribution in [2.24, 2.45) is 5.41 Å². The topological polar surface area (TPSA) is 0 Å². The third kappa shape index (κ3) is 2.50. The van der Waals surface area contributed by atoms with E-state index in [4.69, 9.17) is 0 Å². The molecule has 0 aliphatic rings. The van der Waals surface area contributed by atoms with E-state index < -0.39 is 0 Å². The Bertz CT molecular complexity index is 133. The molecule has 9 heavy (non-hydrogen) atoms. The SMILES string of the molecule is C=C(C)C(=C)C(C)(C)C. The van der Waals surface area contributed by atoms with Crippen molar-refractivity contribution in [3.8, 4) is 0 Å². The van der Waals surface area contributed by atoms with E-state index in [1.54, 1.807) is 0 Å². The molecule has 0 spiro atoms. The lowest BCUT2D eigenvalue weighted by molar-refractivity contribution is 0.513. The molecule has 52 valence electrons. The smallest absolute Gasteiger partial charge is 0.0135 e. The molecule has 0 bridgehead atoms. The summed E-state index contributed by atoms with van der Waals surface area (Å²) in [5.41, 5.74) is 2.41. The molecule has 0 rings (SSSR count). The summed E-state index contributed by atoms with van der Waals surface area (Å²) in [5.74, 6) is 0. The molecule has 0 atom stereocenters. The maximum absolute atomic E-state index is 3.93. The molecule has 0 saturated heterocycles. The third-order valence-corrected chi connectivity index (χ3v) is 1.42. The summed E-state index contributed by atoms with van der Waals surface area (Å²) < 4.78 is 0. The molecule has 0 radical (unpaired) electrons. The van der Waals surface area contributed by atoms with Crippen molar-refractivity contribution in [2.45, 2.75) is 27.7 Å². The third-order valence-electron chi connectivity index (χ3n) is 1.42. The first-order chi connectivity index (χ1) is 3.85. The van der Waals surface area contributed by atoms with Crippen LogP contribution in [0.4, 0.5) is 0 Å². The number of hydrogen-bond donors (Lipinski definition) is 0. The second-order valence-electron chi connectivity index (χ2n) is 3.51. The maximum Gasteiger partial charge on any atom is -0.0135 e. The van der Waals surface area contributed by atoms with Crippen LogP contribution < -0.4 is 0 Å². The van der Waals surface area contributed by atoms with E-state index in [0.717, 1.165) is 11.1 Å². The van der Waals surface area contributed by atoms with Crippen LogP contribution in [0.15, 0.2) is 24.3 Å². The van der Waals surface area contributed by atoms with Gasteiger partial charge in [-0.15, -0.1) is 0 Å². The van der Waals surface area contributed by atoms with Gasteiger partial charge in [0.1, 0.15) is 0 Å². The van der Waals surface area contributed by atoms with Gasteiger partial charge in [0.25, 0.3) is 0 Å². The summed E-state index contributed by atoms with van der Waals surface area (Å²) in [4.78, 5) is 0. The predicted molar refractivity (Wildman–Crippen MR) is 43.4 cm³/mol. The van der Waals surface area contributed by atoms with Gasteiger partial charge in [0.15, 0.2) is 0 Å². The molecule has 0 aromatic carbocycles. The van der Waals surface area contributed by atoms with Crippen LogP contribution in [0.5, 0.6) is 0 Å². The fourth-order valence-electron chi connectivity index (χ4n) is 0.640. The van der Waals surface area contributed by atoms with Crippen molar-refractivity contribution in [2.75, 3.05) is 0 Å². The predicted octanol–water partition coefficient (Wildman–Crippen LogP) is 3.16. The van der Waals surface area contributed by atoms with Gasteiger partial charge < -0.3 is 0 Å². The van der Waals surface area contributed by atoms with E-state index in [1.165, 1.54) is 0 Å². The minimum atomic E-state index is 0.186. The molecule has 0 aromatic rings. The van der Waals surface area contributed by atoms with Crippen LogP contribution in [-0.4, -0.2) is 0 Å². The molecule has 0 aromatic heterocycles. The Morgan fingerprint density at radius 2 is 1.44 bits per heavy atom. The summed E-state index contributed by atoms with van der Waals surface area (Å²) >= 11 is 0. The second-order valence-corrected chi connectivity index (χ2v) is 3.51. The molecule has 0 unspecified atom stereocenters. The zero-order valence-corrected chi connectivity index (χ0v) is 6.91. The van der Waals surface area contributed by atoms with E-state index in [0.29, 0.717) is 0 Å². The lowest BCUT2D eigenvalue weighted by Crippen LogP contribution is -2.08. The Morgan fingerprint density at radius 3 is 1.44 bits per heavy atom. The standard InChI is InChI=1S/C9H16/c1-7(2)8(3)9(4,5)6/h1,3H2,2,4-6H3. The summed E-state index contributed by atoms with van der Waals surface area (Å²) in [6.07, 6.45) is 0. The van der Waals surface area contributed by atoms with E-state index in [2.05, 4.69) is 33.9 Å². The van der Waals surface area contributed by atoms with Crippen LogP contribution in [0.2, 0.25) is 0 Å². The van der Waals surface area contributed by atoms with Crippen LogP contribution in [0.25, 0.3) is 0 Å². The Labute approximate surface area is 58.3 Å². The van der Waals surface area contributed by atoms with Crippen molar-refractivity contribution in [3.05, 3.63) is 24.3 Å². The molecule has 0 fully saturated rings. The molecular weight excluding hydrogens is 108 g/mol. The van der Waals surface area contributed by atoms with Crippen molar-refractivity contribution < 1.29 is 0 Å². The van der Waals surface area contributed by atoms with E-state index in [9.17, 15) is 0 Å². The summed E-state index contributed by atoms with van der Waals surface area (Å²) in [6.45, 7) is 16.2. The highest BCUT2D eigenvalue weighted by atomic mass is 14.2. The molecule has 0 aliphatic heterocycles. The fourth-order valence-corrected chi connectivity index (χ4v) is 0.640. The van der Waals surface area contributed by atoms with Crippen LogP contribution in [0, 0.1) is 5.41 Å². The summed E-state index contributed by atoms with van der Waals surface area (Å²) in [7, 11) is 0. The minimum Gasteiger partial charge on any atom is -0.0958 e. The first-order valence-corrected chi connectivity index (χ1v) is 3.21. The largest absolute Gasteiger partial charge is 0.0958 e. The number of rotatable bonds is 1. The molecule has 0 aliphatic carbocycles. The highest BCUT2D eigenvalue weighted by molar-refractivity contribution is 5.27. The Morgan fingerprint density at radius 1 is 1.11 bits per heavy atom. The molecule has 0 heteroatoms. The first kappa shape index (κ1) is 8.48. The molecular formula is C9H16. The molecule has 0 N–H and O–H groups in total. The second kappa shape index (κ2) is 2.38. The zero-order valence-electron chi connectivity index (χ0n) is 6.91. The van der Waals surface area contributed by atoms with Gasteiger partial charge in [-0.25, -0.2) is 0 Å². The molecule has 0 heterocycles. The first-order valence-electron chi connectivity index (χ1n) is 3.21. The Balaban J connectivity index is 4.23. The van der Waals surface area contributed by atoms with E-state index >= 15 is 0 Å². The van der Waals surface area contributed by atoms with Gasteiger partial charge in [-0.05, 0) is 17.9 Å². The lowest BCUT2D eigenvalue weighted by Gasteiger charge is -2.21. The normalized spacial score (nSPS) is 11.1. The van der Waals surface area contributed by atoms with Crippen LogP contribution in [-0.2, 0) is 0 Å². The monoisotopic (exact) mass is 124 g/mol. The van der Waals surface area contributed by atoms with E-state index in [1.807, 2.05) is 6.92 Å². The highest BCUT2D eigenvalue weighted by Crippen LogP contribution is 2.27. The Kier molecular flexibility index (Phi) is 2.25. The molecule has 0 amide bonds. The number of hydrogen-bond acceptors (Lipinski definition) is 0. The van der Waals surface area contributed by atoms with Gasteiger partial charge in [-0.2, -0.15) is 0 Å².